The highest BCUT2D eigenvalue weighted by molar-refractivity contribution is 7.17. The van der Waals surface area contributed by atoms with Crippen molar-refractivity contribution >= 4 is 22.6 Å². The summed E-state index contributed by atoms with van der Waals surface area (Å²) in [5.74, 6) is 0. The lowest BCUT2D eigenvalue weighted by molar-refractivity contribution is 0.0560. The van der Waals surface area contributed by atoms with Gasteiger partial charge in [0, 0.05) is 13.6 Å². The van der Waals surface area contributed by atoms with Crippen LogP contribution < -0.4 is 4.90 Å². The number of thiophene rings is 1. The van der Waals surface area contributed by atoms with Gasteiger partial charge in [-0.15, -0.1) is 11.3 Å². The number of rotatable bonds is 4. The molecule has 0 saturated heterocycles. The summed E-state index contributed by atoms with van der Waals surface area (Å²) in [7, 11) is 1.97. The first-order valence-electron chi connectivity index (χ1n) is 5.61. The molecular formula is C12H17NO2S. The molecule has 2 rings (SSSR count). The second-order valence-electron chi connectivity index (χ2n) is 4.58. The van der Waals surface area contributed by atoms with E-state index in [4.69, 9.17) is 0 Å². The molecule has 0 bridgehead atoms. The van der Waals surface area contributed by atoms with E-state index in [1.165, 1.54) is 11.3 Å². The quantitative estimate of drug-likeness (QED) is 0.820. The minimum Gasteiger partial charge on any atom is -0.388 e. The molecule has 0 spiro atoms. The molecule has 0 atom stereocenters. The van der Waals surface area contributed by atoms with Gasteiger partial charge in [-0.2, -0.15) is 0 Å². The maximum Gasteiger partial charge on any atom is 0.160 e. The van der Waals surface area contributed by atoms with Crippen LogP contribution in [0.1, 0.15) is 35.4 Å². The first-order chi connectivity index (χ1) is 7.63. The molecule has 0 radical (unpaired) electrons. The van der Waals surface area contributed by atoms with Crippen LogP contribution in [0.25, 0.3) is 0 Å². The van der Waals surface area contributed by atoms with E-state index in [0.29, 0.717) is 6.54 Å². The highest BCUT2D eigenvalue weighted by atomic mass is 32.1. The topological polar surface area (TPSA) is 40.5 Å². The zero-order valence-corrected chi connectivity index (χ0v) is 10.3. The Hall–Kier alpha value is -0.870. The first-order valence-corrected chi connectivity index (χ1v) is 6.43. The van der Waals surface area contributed by atoms with E-state index in [1.807, 2.05) is 24.1 Å². The molecule has 1 N–H and O–H groups in total. The SMILES string of the molecule is CN(CC1(O)CCCC1)c1ccc(C=O)s1. The lowest BCUT2D eigenvalue weighted by Gasteiger charge is -2.28. The lowest BCUT2D eigenvalue weighted by atomic mass is 10.0. The Kier molecular flexibility index (Phi) is 3.30. The highest BCUT2D eigenvalue weighted by Gasteiger charge is 2.32. The second kappa shape index (κ2) is 4.55. The van der Waals surface area contributed by atoms with Crippen molar-refractivity contribution in [2.75, 3.05) is 18.5 Å². The van der Waals surface area contributed by atoms with Crippen LogP contribution in [0.5, 0.6) is 0 Å². The summed E-state index contributed by atoms with van der Waals surface area (Å²) in [6.07, 6.45) is 4.89. The van der Waals surface area contributed by atoms with Gasteiger partial charge in [-0.1, -0.05) is 12.8 Å². The van der Waals surface area contributed by atoms with E-state index in [0.717, 1.165) is 41.8 Å². The zero-order chi connectivity index (χ0) is 11.6. The molecule has 0 amide bonds. The molecule has 1 aromatic rings. The third-order valence-corrected chi connectivity index (χ3v) is 4.30. The lowest BCUT2D eigenvalue weighted by Crippen LogP contribution is -2.38. The average molecular weight is 239 g/mol. The van der Waals surface area contributed by atoms with Crippen LogP contribution in [0.3, 0.4) is 0 Å². The molecule has 1 aliphatic rings. The fourth-order valence-corrected chi connectivity index (χ4v) is 3.10. The van der Waals surface area contributed by atoms with Crippen LogP contribution in [0, 0.1) is 0 Å². The molecule has 1 aliphatic carbocycles. The summed E-state index contributed by atoms with van der Waals surface area (Å²) in [6, 6.07) is 3.76. The van der Waals surface area contributed by atoms with E-state index in [1.54, 1.807) is 0 Å². The monoisotopic (exact) mass is 239 g/mol. The number of carbonyl (C=O) groups is 1. The minimum absolute atomic E-state index is 0.528. The number of aldehydes is 1. The largest absolute Gasteiger partial charge is 0.388 e. The van der Waals surface area contributed by atoms with Crippen molar-refractivity contribution in [3.8, 4) is 0 Å². The van der Waals surface area contributed by atoms with Crippen LogP contribution in [-0.4, -0.2) is 30.6 Å². The van der Waals surface area contributed by atoms with E-state index >= 15 is 0 Å². The number of likely N-dealkylation sites (N-methyl/N-ethyl adjacent to an activating group) is 1. The van der Waals surface area contributed by atoms with Crippen LogP contribution in [0.15, 0.2) is 12.1 Å². The molecular weight excluding hydrogens is 222 g/mol. The van der Waals surface area contributed by atoms with E-state index in [-0.39, 0.29) is 0 Å². The van der Waals surface area contributed by atoms with Gasteiger partial charge in [0.15, 0.2) is 6.29 Å². The summed E-state index contributed by atoms with van der Waals surface area (Å²) in [5, 5.41) is 11.3. The van der Waals surface area contributed by atoms with Gasteiger partial charge in [0.25, 0.3) is 0 Å². The first kappa shape index (κ1) is 11.6. The minimum atomic E-state index is -0.528. The summed E-state index contributed by atoms with van der Waals surface area (Å²) >= 11 is 1.47. The molecule has 4 heteroatoms. The van der Waals surface area contributed by atoms with Crippen molar-refractivity contribution in [3.05, 3.63) is 17.0 Å². The van der Waals surface area contributed by atoms with Crippen LogP contribution in [-0.2, 0) is 0 Å². The fourth-order valence-electron chi connectivity index (χ4n) is 2.32. The summed E-state index contributed by atoms with van der Waals surface area (Å²) in [4.78, 5) is 13.4. The van der Waals surface area contributed by atoms with Crippen LogP contribution >= 0.6 is 11.3 Å². The predicted molar refractivity (Wildman–Crippen MR) is 66.4 cm³/mol. The molecule has 1 heterocycles. The molecule has 0 aromatic carbocycles. The van der Waals surface area contributed by atoms with Gasteiger partial charge in [-0.3, -0.25) is 4.79 Å². The van der Waals surface area contributed by atoms with E-state index < -0.39 is 5.60 Å². The van der Waals surface area contributed by atoms with Crippen molar-refractivity contribution in [2.24, 2.45) is 0 Å². The maximum atomic E-state index is 10.6. The summed E-state index contributed by atoms with van der Waals surface area (Å²) in [6.45, 7) is 0.659. The van der Waals surface area contributed by atoms with Gasteiger partial charge in [0.1, 0.15) is 0 Å². The molecule has 88 valence electrons. The molecule has 1 fully saturated rings. The van der Waals surface area contributed by atoms with Crippen LogP contribution in [0.2, 0.25) is 0 Å². The molecule has 1 saturated carbocycles. The maximum absolute atomic E-state index is 10.6. The number of carbonyl (C=O) groups excluding carboxylic acids is 1. The number of hydrogen-bond donors (Lipinski definition) is 1. The van der Waals surface area contributed by atoms with Gasteiger partial charge in [-0.05, 0) is 25.0 Å². The van der Waals surface area contributed by atoms with Crippen molar-refractivity contribution in [3.63, 3.8) is 0 Å². The molecule has 0 aliphatic heterocycles. The molecule has 1 aromatic heterocycles. The number of aliphatic hydroxyl groups is 1. The van der Waals surface area contributed by atoms with Crippen molar-refractivity contribution < 1.29 is 9.90 Å². The Labute approximate surface area is 99.7 Å². The van der Waals surface area contributed by atoms with E-state index in [9.17, 15) is 9.90 Å². The van der Waals surface area contributed by atoms with Crippen molar-refractivity contribution in [1.82, 2.24) is 0 Å². The average Bonchev–Trinajstić information content (AvgIpc) is 2.86. The Balaban J connectivity index is 2.01. The van der Waals surface area contributed by atoms with Crippen molar-refractivity contribution in [1.29, 1.82) is 0 Å². The van der Waals surface area contributed by atoms with Crippen LogP contribution in [0.4, 0.5) is 5.00 Å². The third kappa shape index (κ3) is 2.44. The Morgan fingerprint density at radius 1 is 1.50 bits per heavy atom. The highest BCUT2D eigenvalue weighted by Crippen LogP contribution is 2.32. The van der Waals surface area contributed by atoms with Gasteiger partial charge in [0.2, 0.25) is 0 Å². The fraction of sp³-hybridized carbons (Fsp3) is 0.583. The molecule has 16 heavy (non-hydrogen) atoms. The summed E-state index contributed by atoms with van der Waals surface area (Å²) in [5.41, 5.74) is -0.528. The summed E-state index contributed by atoms with van der Waals surface area (Å²) < 4.78 is 0. The Morgan fingerprint density at radius 2 is 2.19 bits per heavy atom. The van der Waals surface area contributed by atoms with Crippen molar-refractivity contribution in [2.45, 2.75) is 31.3 Å². The molecule has 3 nitrogen and oxygen atoms in total. The smallest absolute Gasteiger partial charge is 0.160 e. The standard InChI is InChI=1S/C12H17NO2S/c1-13(9-12(15)6-2-3-7-12)11-5-4-10(8-14)16-11/h4-5,8,15H,2-3,6-7,9H2,1H3. The van der Waals surface area contributed by atoms with E-state index in [2.05, 4.69) is 0 Å². The number of nitrogens with zero attached hydrogens (tertiary/aromatic N) is 1. The van der Waals surface area contributed by atoms with Gasteiger partial charge in [0.05, 0.1) is 15.5 Å². The number of anilines is 1. The Morgan fingerprint density at radius 3 is 2.75 bits per heavy atom. The van der Waals surface area contributed by atoms with Gasteiger partial charge >= 0.3 is 0 Å². The van der Waals surface area contributed by atoms with Gasteiger partial charge < -0.3 is 10.0 Å². The molecule has 0 unspecified atom stereocenters. The zero-order valence-electron chi connectivity index (χ0n) is 9.48. The van der Waals surface area contributed by atoms with Gasteiger partial charge in [-0.25, -0.2) is 0 Å². The number of hydrogen-bond acceptors (Lipinski definition) is 4. The normalized spacial score (nSPS) is 18.6. The third-order valence-electron chi connectivity index (χ3n) is 3.17. The Bertz CT molecular complexity index is 369. The predicted octanol–water partition coefficient (Wildman–Crippen LogP) is 2.30. The second-order valence-corrected chi connectivity index (χ2v) is 5.68.